The number of carbonyl (C=O) groups excluding carboxylic acids is 1. The van der Waals surface area contributed by atoms with Crippen LogP contribution >= 0.6 is 0 Å². The molecule has 0 aromatic heterocycles. The molecule has 27 heteroatoms. The molecule has 0 saturated heterocycles. The van der Waals surface area contributed by atoms with Crippen LogP contribution in [-0.4, -0.2) is 153 Å². The van der Waals surface area contributed by atoms with E-state index in [0.29, 0.717) is 26.9 Å². The van der Waals surface area contributed by atoms with Crippen molar-refractivity contribution in [1.82, 2.24) is 10.2 Å². The molecule has 0 aliphatic rings. The highest BCUT2D eigenvalue weighted by Gasteiger charge is 2.94. The summed E-state index contributed by atoms with van der Waals surface area (Å²) >= 11 is 0. The van der Waals surface area contributed by atoms with Gasteiger partial charge >= 0.3 is 59.3 Å². The Morgan fingerprint density at radius 1 is 0.515 bits per heavy atom. The van der Waals surface area contributed by atoms with E-state index < -0.39 is 118 Å². The fourth-order valence-corrected chi connectivity index (χ4v) is 6.34. The summed E-state index contributed by atoms with van der Waals surface area (Å²) in [5, 5.41) is 22.7. The summed E-state index contributed by atoms with van der Waals surface area (Å²) in [6.45, 7) is -11.9. The number of carboxylic acids is 2. The summed E-state index contributed by atoms with van der Waals surface area (Å²) in [6, 6.07) is 14.1. The molecule has 3 N–H and O–H groups in total. The first-order valence-electron chi connectivity index (χ1n) is 18.8. The zero-order valence-corrected chi connectivity index (χ0v) is 33.4. The van der Waals surface area contributed by atoms with Crippen LogP contribution in [0.25, 0.3) is 32.3 Å². The minimum absolute atomic E-state index is 0.0689. The van der Waals surface area contributed by atoms with Crippen LogP contribution in [0.3, 0.4) is 0 Å². The smallest absolute Gasteiger partial charge is 0.385 e. The second-order valence-corrected chi connectivity index (χ2v) is 14.5. The molecule has 66 heavy (non-hydrogen) atoms. The molecule has 4 aromatic rings. The third kappa shape index (κ3) is 10.6. The van der Waals surface area contributed by atoms with Gasteiger partial charge in [-0.3, -0.25) is 19.3 Å². The van der Waals surface area contributed by atoms with Crippen LogP contribution in [0.15, 0.2) is 54.6 Å². The molecule has 368 valence electrons. The van der Waals surface area contributed by atoms with Crippen molar-refractivity contribution in [2.24, 2.45) is 0 Å². The second-order valence-electron chi connectivity index (χ2n) is 14.5. The quantitative estimate of drug-likeness (QED) is 0.0293. The van der Waals surface area contributed by atoms with Crippen LogP contribution in [-0.2, 0) is 39.9 Å². The van der Waals surface area contributed by atoms with Gasteiger partial charge in [0.1, 0.15) is 19.8 Å². The van der Waals surface area contributed by atoms with Crippen LogP contribution < -0.4 is 5.32 Å². The number of ether oxygens (including phenoxy) is 4. The zero-order chi connectivity index (χ0) is 49.7. The largest absolute Gasteiger partial charge is 0.480 e. The van der Waals surface area contributed by atoms with Gasteiger partial charge in [-0.1, -0.05) is 54.6 Å². The molecule has 0 bridgehead atoms. The fraction of sp³-hybridized carbons (Fsp3) is 0.513. The van der Waals surface area contributed by atoms with Crippen molar-refractivity contribution >= 4 is 50.2 Å². The predicted octanol–water partition coefficient (Wildman–Crippen LogP) is 7.82. The lowest BCUT2D eigenvalue weighted by atomic mass is 9.88. The van der Waals surface area contributed by atoms with Crippen molar-refractivity contribution in [3.63, 3.8) is 0 Å². The molecule has 4 rings (SSSR count). The van der Waals surface area contributed by atoms with E-state index in [-0.39, 0.29) is 37.3 Å². The molecule has 0 fully saturated rings. The minimum Gasteiger partial charge on any atom is -0.480 e. The highest BCUT2D eigenvalue weighted by molar-refractivity contribution is 6.23. The maximum atomic E-state index is 14.7. The number of benzene rings is 4. The van der Waals surface area contributed by atoms with Crippen LogP contribution in [0.1, 0.15) is 5.56 Å². The maximum absolute atomic E-state index is 14.7. The van der Waals surface area contributed by atoms with Gasteiger partial charge in [-0.2, -0.15) is 70.2 Å². The van der Waals surface area contributed by atoms with Crippen LogP contribution in [0.4, 0.5) is 70.2 Å². The van der Waals surface area contributed by atoms with Crippen molar-refractivity contribution in [1.29, 1.82) is 0 Å². The first kappa shape index (κ1) is 53.6. The van der Waals surface area contributed by atoms with Gasteiger partial charge in [0.25, 0.3) is 0 Å². The van der Waals surface area contributed by atoms with Gasteiger partial charge in [-0.25, -0.2) is 0 Å². The van der Waals surface area contributed by atoms with E-state index in [9.17, 15) is 84.6 Å². The van der Waals surface area contributed by atoms with E-state index in [1.165, 1.54) is 18.2 Å². The Balaban J connectivity index is 1.31. The van der Waals surface area contributed by atoms with Crippen LogP contribution in [0, 0.1) is 0 Å². The van der Waals surface area contributed by atoms with Gasteiger partial charge in [-0.05, 0) is 37.9 Å². The third-order valence-corrected chi connectivity index (χ3v) is 9.78. The number of alkyl halides is 16. The Hall–Kier alpha value is -4.99. The van der Waals surface area contributed by atoms with E-state index in [1.807, 2.05) is 5.32 Å². The molecule has 0 unspecified atom stereocenters. The molecule has 4 aromatic carbocycles. The summed E-state index contributed by atoms with van der Waals surface area (Å²) in [5.41, 5.74) is -0.0689. The summed E-state index contributed by atoms with van der Waals surface area (Å²) in [5.74, 6) is -67.4. The highest BCUT2D eigenvalue weighted by Crippen LogP contribution is 2.64. The molecule has 0 aliphatic heterocycles. The molecule has 0 aliphatic carbocycles. The Labute approximate surface area is 360 Å². The number of carbonyl (C=O) groups is 3. The number of carboxylic acid groups (broad SMARTS) is 2. The van der Waals surface area contributed by atoms with E-state index in [1.54, 1.807) is 36.4 Å². The molecule has 0 saturated carbocycles. The Morgan fingerprint density at radius 3 is 1.47 bits per heavy atom. The minimum atomic E-state index is -8.65. The lowest BCUT2D eigenvalue weighted by molar-refractivity contribution is -0.455. The van der Waals surface area contributed by atoms with Gasteiger partial charge < -0.3 is 34.5 Å². The van der Waals surface area contributed by atoms with E-state index in [0.717, 1.165) is 4.90 Å². The Morgan fingerprint density at radius 2 is 0.955 bits per heavy atom. The number of aliphatic carboxylic acids is 2. The number of hydrogen-bond donors (Lipinski definition) is 3. The number of hydrogen-bond acceptors (Lipinski definition) is 8. The Kier molecular flexibility index (Phi) is 16.3. The summed E-state index contributed by atoms with van der Waals surface area (Å²) in [6.07, 6.45) is 0. The van der Waals surface area contributed by atoms with E-state index >= 15 is 0 Å². The molecule has 0 radical (unpaired) electrons. The monoisotopic (exact) mass is 980 g/mol. The molecule has 0 spiro atoms. The van der Waals surface area contributed by atoms with Gasteiger partial charge in [0.05, 0.1) is 46.1 Å². The van der Waals surface area contributed by atoms with Crippen molar-refractivity contribution < 1.29 is 114 Å². The first-order valence-corrected chi connectivity index (χ1v) is 18.8. The molecule has 0 heterocycles. The van der Waals surface area contributed by atoms with Gasteiger partial charge in [0.15, 0.2) is 0 Å². The molecule has 0 atom stereocenters. The number of nitrogens with zero attached hydrogens (tertiary/aromatic N) is 1. The standard InChI is InChI=1S/C39H36F16N2O9/c40-32(41,20-65-18-25-7-6-24-5-4-22-2-1-3-23-8-9-26(25)31(24)30(22)23)34(44,45)36(48,49)38(52,53)39(54,55)37(50,51)35(46,47)33(42,43)21-66-19-27(58)56-10-12-63-14-15-64-13-11-57(16-28(59)60)17-29(61)62/h1-9H,10-21H2,(H,56,58)(H,59,60)(H,61,62). The van der Waals surface area contributed by atoms with Crippen molar-refractivity contribution in [2.45, 2.75) is 54.0 Å². The van der Waals surface area contributed by atoms with Crippen molar-refractivity contribution in [2.75, 3.05) is 72.4 Å². The second kappa shape index (κ2) is 20.1. The topological polar surface area (TPSA) is 144 Å². The summed E-state index contributed by atoms with van der Waals surface area (Å²) < 4.78 is 250. The lowest BCUT2D eigenvalue weighted by Crippen LogP contribution is -2.75. The number of amides is 1. The molecular formula is C39H36F16N2O9. The van der Waals surface area contributed by atoms with E-state index in [2.05, 4.69) is 9.47 Å². The fourth-order valence-electron chi connectivity index (χ4n) is 6.34. The van der Waals surface area contributed by atoms with E-state index in [4.69, 9.17) is 19.7 Å². The number of nitrogens with one attached hydrogen (secondary N) is 1. The van der Waals surface area contributed by atoms with Crippen molar-refractivity contribution in [3.05, 3.63) is 60.2 Å². The van der Waals surface area contributed by atoms with Gasteiger partial charge in [0, 0.05) is 13.1 Å². The lowest BCUT2D eigenvalue weighted by Gasteiger charge is -2.43. The molecule has 1 amide bonds. The SMILES string of the molecule is O=C(O)CN(CCOCCOCCNC(=O)COCC(F)(F)C(F)(F)C(F)(F)C(F)(F)C(F)(F)C(F)(F)C(F)(F)C(F)(F)COCc1ccc2ccc3cccc4ccc1c2c34)CC(=O)O. The summed E-state index contributed by atoms with van der Waals surface area (Å²) in [7, 11) is 0. The predicted molar refractivity (Wildman–Crippen MR) is 197 cm³/mol. The Bertz CT molecular complexity index is 2280. The maximum Gasteiger partial charge on any atom is 0.385 e. The molecular weight excluding hydrogens is 944 g/mol. The van der Waals surface area contributed by atoms with Crippen LogP contribution in [0.5, 0.6) is 0 Å². The van der Waals surface area contributed by atoms with Crippen molar-refractivity contribution in [3.8, 4) is 0 Å². The number of rotatable bonds is 28. The first-order chi connectivity index (χ1) is 30.4. The zero-order valence-electron chi connectivity index (χ0n) is 33.4. The third-order valence-electron chi connectivity index (χ3n) is 9.78. The summed E-state index contributed by atoms with van der Waals surface area (Å²) in [4.78, 5) is 34.3. The van der Waals surface area contributed by atoms with Crippen LogP contribution in [0.2, 0.25) is 0 Å². The van der Waals surface area contributed by atoms with Gasteiger partial charge in [-0.15, -0.1) is 0 Å². The molecule has 11 nitrogen and oxygen atoms in total. The highest BCUT2D eigenvalue weighted by atomic mass is 19.4. The number of halogens is 16. The van der Waals surface area contributed by atoms with Gasteiger partial charge in [0.2, 0.25) is 5.91 Å². The average molecular weight is 981 g/mol. The normalized spacial score (nSPS) is 14.0. The average Bonchev–Trinajstić information content (AvgIpc) is 3.21.